The van der Waals surface area contributed by atoms with Crippen molar-refractivity contribution in [2.75, 3.05) is 25.6 Å². The van der Waals surface area contributed by atoms with Crippen molar-refractivity contribution < 1.29 is 19.0 Å². The molecule has 1 aliphatic rings. The van der Waals surface area contributed by atoms with Crippen molar-refractivity contribution >= 4 is 11.9 Å². The molecule has 0 saturated heterocycles. The number of nitrogens with one attached hydrogen (secondary N) is 1. The van der Waals surface area contributed by atoms with Crippen molar-refractivity contribution in [3.63, 3.8) is 0 Å². The van der Waals surface area contributed by atoms with Gasteiger partial charge in [-0.25, -0.2) is 9.48 Å². The SMILES string of the molecule is CCCCCCOc1ccc(C2C(C(=O)OCCCC)=C(C)Nc3ncnn32)cc1OC. The van der Waals surface area contributed by atoms with Crippen LogP contribution in [-0.2, 0) is 9.53 Å². The lowest BCUT2D eigenvalue weighted by atomic mass is 9.95. The highest BCUT2D eigenvalue weighted by Gasteiger charge is 2.34. The molecule has 0 spiro atoms. The third-order valence-corrected chi connectivity index (χ3v) is 5.50. The fourth-order valence-corrected chi connectivity index (χ4v) is 3.73. The summed E-state index contributed by atoms with van der Waals surface area (Å²) in [5, 5.41) is 7.52. The van der Waals surface area contributed by atoms with Crippen molar-refractivity contribution in [3.8, 4) is 11.5 Å². The number of hydrogen-bond acceptors (Lipinski definition) is 7. The molecule has 1 N–H and O–H groups in total. The molecule has 0 saturated carbocycles. The molecule has 0 amide bonds. The zero-order valence-electron chi connectivity index (χ0n) is 19.5. The number of unbranched alkanes of at least 4 members (excludes halogenated alkanes) is 4. The van der Waals surface area contributed by atoms with Gasteiger partial charge in [-0.1, -0.05) is 45.6 Å². The van der Waals surface area contributed by atoms with E-state index in [1.54, 1.807) is 11.8 Å². The van der Waals surface area contributed by atoms with Crippen LogP contribution < -0.4 is 14.8 Å². The highest BCUT2D eigenvalue weighted by molar-refractivity contribution is 5.92. The number of aromatic nitrogens is 3. The number of carbonyl (C=O) groups excluding carboxylic acids is 1. The van der Waals surface area contributed by atoms with Crippen LogP contribution in [0.4, 0.5) is 5.95 Å². The Morgan fingerprint density at radius 3 is 2.66 bits per heavy atom. The van der Waals surface area contributed by atoms with Crippen LogP contribution in [0.1, 0.15) is 70.9 Å². The summed E-state index contributed by atoms with van der Waals surface area (Å²) in [7, 11) is 1.62. The van der Waals surface area contributed by atoms with Gasteiger partial charge in [0.15, 0.2) is 11.5 Å². The van der Waals surface area contributed by atoms with Gasteiger partial charge in [-0.3, -0.25) is 0 Å². The molecule has 8 nitrogen and oxygen atoms in total. The average molecular weight is 443 g/mol. The topological polar surface area (TPSA) is 87.5 Å². The first-order chi connectivity index (χ1) is 15.6. The standard InChI is InChI=1S/C24H34N4O4/c1-5-7-9-10-14-31-19-12-11-18(15-20(19)30-4)22-21(23(29)32-13-8-6-2)17(3)27-24-25-16-26-28(22)24/h11-12,15-16,22H,5-10,13-14H2,1-4H3,(H,25,26,27). The van der Waals surface area contributed by atoms with Crippen molar-refractivity contribution in [1.82, 2.24) is 14.8 Å². The first kappa shape index (κ1) is 23.6. The van der Waals surface area contributed by atoms with E-state index in [4.69, 9.17) is 14.2 Å². The number of methoxy groups -OCH3 is 1. The molecule has 0 fully saturated rings. The zero-order valence-corrected chi connectivity index (χ0v) is 19.5. The van der Waals surface area contributed by atoms with Gasteiger partial charge in [0, 0.05) is 5.70 Å². The number of benzene rings is 1. The Bertz CT molecular complexity index is 938. The van der Waals surface area contributed by atoms with E-state index in [-0.39, 0.29) is 5.97 Å². The van der Waals surface area contributed by atoms with Crippen LogP contribution >= 0.6 is 0 Å². The number of allylic oxidation sites excluding steroid dienone is 1. The number of nitrogens with zero attached hydrogens (tertiary/aromatic N) is 3. The highest BCUT2D eigenvalue weighted by atomic mass is 16.5. The molecule has 1 atom stereocenters. The Morgan fingerprint density at radius 1 is 1.09 bits per heavy atom. The Morgan fingerprint density at radius 2 is 1.91 bits per heavy atom. The van der Waals surface area contributed by atoms with Crippen LogP contribution in [0.5, 0.6) is 11.5 Å². The first-order valence-corrected chi connectivity index (χ1v) is 11.5. The molecule has 1 unspecified atom stereocenters. The van der Waals surface area contributed by atoms with E-state index in [2.05, 4.69) is 29.2 Å². The first-order valence-electron chi connectivity index (χ1n) is 11.5. The number of fused-ring (bicyclic) bond motifs is 1. The quantitative estimate of drug-likeness (QED) is 0.370. The summed E-state index contributed by atoms with van der Waals surface area (Å²) >= 11 is 0. The summed E-state index contributed by atoms with van der Waals surface area (Å²) in [6.45, 7) is 7.13. The molecule has 3 rings (SSSR count). The van der Waals surface area contributed by atoms with Gasteiger partial charge in [0.2, 0.25) is 5.95 Å². The van der Waals surface area contributed by atoms with Crippen molar-refractivity contribution in [2.24, 2.45) is 0 Å². The second kappa shape index (κ2) is 11.5. The maximum atomic E-state index is 13.0. The maximum absolute atomic E-state index is 13.0. The smallest absolute Gasteiger partial charge is 0.338 e. The fraction of sp³-hybridized carbons (Fsp3) is 0.542. The van der Waals surface area contributed by atoms with Crippen LogP contribution in [0.2, 0.25) is 0 Å². The lowest BCUT2D eigenvalue weighted by molar-refractivity contribution is -0.139. The predicted octanol–water partition coefficient (Wildman–Crippen LogP) is 4.88. The van der Waals surface area contributed by atoms with E-state index >= 15 is 0 Å². The second-order valence-electron chi connectivity index (χ2n) is 7.90. The van der Waals surface area contributed by atoms with Crippen LogP contribution in [-0.4, -0.2) is 41.1 Å². The molecule has 0 aliphatic carbocycles. The van der Waals surface area contributed by atoms with E-state index in [1.807, 2.05) is 25.1 Å². The summed E-state index contributed by atoms with van der Waals surface area (Å²) in [6, 6.07) is 5.26. The summed E-state index contributed by atoms with van der Waals surface area (Å²) in [4.78, 5) is 17.3. The molecule has 174 valence electrons. The number of esters is 1. The summed E-state index contributed by atoms with van der Waals surface area (Å²) in [5.41, 5.74) is 2.05. The van der Waals surface area contributed by atoms with Gasteiger partial charge >= 0.3 is 5.97 Å². The molecule has 2 heterocycles. The normalized spacial score (nSPS) is 15.2. The number of carbonyl (C=O) groups is 1. The van der Waals surface area contributed by atoms with Gasteiger partial charge in [0.25, 0.3) is 0 Å². The molecular formula is C24H34N4O4. The summed E-state index contributed by atoms with van der Waals surface area (Å²) in [5.74, 6) is 1.53. The molecule has 0 radical (unpaired) electrons. The fourth-order valence-electron chi connectivity index (χ4n) is 3.73. The van der Waals surface area contributed by atoms with Crippen molar-refractivity contribution in [3.05, 3.63) is 41.4 Å². The molecule has 2 aromatic rings. The van der Waals surface area contributed by atoms with Crippen molar-refractivity contribution in [1.29, 1.82) is 0 Å². The predicted molar refractivity (Wildman–Crippen MR) is 123 cm³/mol. The van der Waals surface area contributed by atoms with Gasteiger partial charge in [-0.05, 0) is 37.5 Å². The van der Waals surface area contributed by atoms with Gasteiger partial charge in [0.1, 0.15) is 12.4 Å². The number of hydrogen-bond donors (Lipinski definition) is 1. The largest absolute Gasteiger partial charge is 0.493 e. The molecule has 32 heavy (non-hydrogen) atoms. The molecule has 0 bridgehead atoms. The summed E-state index contributed by atoms with van der Waals surface area (Å²) in [6.07, 6.45) is 7.80. The Balaban J connectivity index is 1.88. The Labute approximate surface area is 190 Å². The van der Waals surface area contributed by atoms with E-state index in [0.29, 0.717) is 41.9 Å². The van der Waals surface area contributed by atoms with E-state index in [0.717, 1.165) is 31.2 Å². The number of ether oxygens (including phenoxy) is 3. The van der Waals surface area contributed by atoms with E-state index in [9.17, 15) is 4.79 Å². The van der Waals surface area contributed by atoms with Gasteiger partial charge < -0.3 is 19.5 Å². The molecule has 1 aromatic heterocycles. The molecule has 8 heteroatoms. The minimum Gasteiger partial charge on any atom is -0.493 e. The van der Waals surface area contributed by atoms with E-state index in [1.165, 1.54) is 19.2 Å². The lowest BCUT2D eigenvalue weighted by Gasteiger charge is -2.28. The third kappa shape index (κ3) is 5.41. The average Bonchev–Trinajstić information content (AvgIpc) is 3.26. The third-order valence-electron chi connectivity index (χ3n) is 5.50. The second-order valence-corrected chi connectivity index (χ2v) is 7.90. The van der Waals surface area contributed by atoms with Crippen LogP contribution in [0.25, 0.3) is 0 Å². The number of rotatable bonds is 12. The van der Waals surface area contributed by atoms with Gasteiger partial charge in [-0.15, -0.1) is 0 Å². The van der Waals surface area contributed by atoms with Crippen LogP contribution in [0.3, 0.4) is 0 Å². The number of anilines is 1. The van der Waals surface area contributed by atoms with Crippen LogP contribution in [0.15, 0.2) is 35.8 Å². The Kier molecular flexibility index (Phi) is 8.53. The summed E-state index contributed by atoms with van der Waals surface area (Å²) < 4.78 is 18.8. The molecule has 1 aliphatic heterocycles. The van der Waals surface area contributed by atoms with Gasteiger partial charge in [0.05, 0.1) is 25.9 Å². The maximum Gasteiger partial charge on any atom is 0.338 e. The van der Waals surface area contributed by atoms with Gasteiger partial charge in [-0.2, -0.15) is 10.1 Å². The molecule has 1 aromatic carbocycles. The minimum atomic E-state index is -0.476. The molecular weight excluding hydrogens is 408 g/mol. The highest BCUT2D eigenvalue weighted by Crippen LogP contribution is 2.38. The minimum absolute atomic E-state index is 0.357. The Hall–Kier alpha value is -3.03. The van der Waals surface area contributed by atoms with Crippen molar-refractivity contribution in [2.45, 2.75) is 65.3 Å². The monoisotopic (exact) mass is 442 g/mol. The zero-order chi connectivity index (χ0) is 22.9. The van der Waals surface area contributed by atoms with Crippen LogP contribution in [0, 0.1) is 0 Å². The van der Waals surface area contributed by atoms with E-state index < -0.39 is 6.04 Å². The lowest BCUT2D eigenvalue weighted by Crippen LogP contribution is -2.29.